The molecule has 3 aromatic carbocycles. The van der Waals surface area contributed by atoms with Gasteiger partial charge < -0.3 is 49.3 Å². The molecular weight excluding hydrogens is 841 g/mol. The SMILES string of the molecule is COC(=O)N[C@H](C(=O)N1C[C@H](OC(C)(C)C)C[C@H]1c1nc2cc(-c3ccc(-c4ccc5[nH]c([C@@H]6C[C@@H](OC(C)(C)C)CN6C(=O)[C@@H](NC(=O)OC)C(C)C)nc5c4)cc3)ccc2[nH]1)C(C)C. The number of nitrogens with one attached hydrogen (secondary N) is 4. The predicted molar refractivity (Wildman–Crippen MR) is 252 cm³/mol. The summed E-state index contributed by atoms with van der Waals surface area (Å²) in [5.74, 6) is 0.525. The van der Waals surface area contributed by atoms with Crippen molar-refractivity contribution in [2.45, 2.75) is 130 Å². The number of likely N-dealkylation sites (tertiary alicyclic amines) is 2. The Balaban J connectivity index is 1.11. The number of hydrogen-bond donors (Lipinski definition) is 4. The van der Waals surface area contributed by atoms with Crippen molar-refractivity contribution in [2.24, 2.45) is 11.8 Å². The molecule has 2 aliphatic rings. The Bertz CT molecular complexity index is 2380. The predicted octanol–water partition coefficient (Wildman–Crippen LogP) is 8.45. The first-order valence-corrected chi connectivity index (χ1v) is 22.9. The van der Waals surface area contributed by atoms with Crippen molar-refractivity contribution in [1.82, 2.24) is 40.4 Å². The lowest BCUT2D eigenvalue weighted by Crippen LogP contribution is -2.51. The Morgan fingerprint density at radius 3 is 1.26 bits per heavy atom. The lowest BCUT2D eigenvalue weighted by atomic mass is 10.00. The molecule has 0 saturated carbocycles. The zero-order valence-corrected chi connectivity index (χ0v) is 40.3. The number of alkyl carbamates (subject to hydrolysis) is 2. The van der Waals surface area contributed by atoms with Crippen LogP contribution in [0.5, 0.6) is 0 Å². The maximum Gasteiger partial charge on any atom is 0.407 e. The number of imidazole rings is 2. The van der Waals surface area contributed by atoms with Crippen LogP contribution >= 0.6 is 0 Å². The smallest absolute Gasteiger partial charge is 0.407 e. The molecule has 16 heteroatoms. The van der Waals surface area contributed by atoms with Crippen LogP contribution in [-0.4, -0.2) is 117 Å². The minimum Gasteiger partial charge on any atom is -0.453 e. The number of H-pyrrole nitrogens is 2. The fourth-order valence-corrected chi connectivity index (χ4v) is 9.11. The molecule has 2 aliphatic heterocycles. The third-order valence-corrected chi connectivity index (χ3v) is 12.1. The first-order chi connectivity index (χ1) is 31.1. The summed E-state index contributed by atoms with van der Waals surface area (Å²) in [5, 5.41) is 5.46. The number of aromatic nitrogens is 4. The van der Waals surface area contributed by atoms with Gasteiger partial charge in [0.05, 0.1) is 71.8 Å². The van der Waals surface area contributed by atoms with Crippen LogP contribution in [0.25, 0.3) is 44.3 Å². The fourth-order valence-electron chi connectivity index (χ4n) is 9.11. The molecule has 2 saturated heterocycles. The third-order valence-electron chi connectivity index (χ3n) is 12.1. The first kappa shape index (κ1) is 47.9. The van der Waals surface area contributed by atoms with Crippen LogP contribution in [0.4, 0.5) is 9.59 Å². The largest absolute Gasteiger partial charge is 0.453 e. The molecule has 4 amide bonds. The normalized spacial score (nSPS) is 20.0. The molecule has 4 heterocycles. The lowest BCUT2D eigenvalue weighted by Gasteiger charge is -2.30. The van der Waals surface area contributed by atoms with Gasteiger partial charge in [-0.15, -0.1) is 0 Å². The number of carbonyl (C=O) groups excluding carboxylic acids is 4. The van der Waals surface area contributed by atoms with Gasteiger partial charge in [-0.2, -0.15) is 0 Å². The average Bonchev–Trinajstić information content (AvgIpc) is 4.07. The van der Waals surface area contributed by atoms with Gasteiger partial charge in [-0.25, -0.2) is 19.6 Å². The third kappa shape index (κ3) is 10.8. The average molecular weight is 907 g/mol. The first-order valence-electron chi connectivity index (χ1n) is 22.9. The standard InChI is InChI=1S/C50H66N8O8/c1-27(2)41(55-47(61)63-11)45(59)57-25-33(65-49(5,6)7)23-39(57)43-51-35-19-17-31(21-37(35)53-43)29-13-15-30(16-14-29)32-18-20-36-38(22-32)54-44(52-36)40-24-34(66-50(8,9)10)26-58(40)46(60)42(28(3)4)56-48(62)64-12/h13-22,27-28,33-34,39-42H,23-26H2,1-12H3,(H,51,53)(H,52,54)(H,55,61)(H,56,62)/t33-,34-,39+,40+,41+,42+/m1/s1. The summed E-state index contributed by atoms with van der Waals surface area (Å²) < 4.78 is 22.4. The number of rotatable bonds is 12. The second-order valence-electron chi connectivity index (χ2n) is 20.2. The van der Waals surface area contributed by atoms with Crippen LogP contribution in [0.15, 0.2) is 60.7 Å². The number of methoxy groups -OCH3 is 2. The van der Waals surface area contributed by atoms with Crippen LogP contribution in [0.1, 0.15) is 106 Å². The second-order valence-corrected chi connectivity index (χ2v) is 20.2. The Hall–Kier alpha value is -6.00. The van der Waals surface area contributed by atoms with E-state index in [4.69, 9.17) is 28.9 Å². The van der Waals surface area contributed by atoms with Crippen molar-refractivity contribution in [3.05, 3.63) is 72.3 Å². The Kier molecular flexibility index (Phi) is 13.9. The number of nitrogens with zero attached hydrogens (tertiary/aromatic N) is 4. The van der Waals surface area contributed by atoms with Gasteiger partial charge in [0.15, 0.2) is 0 Å². The molecule has 0 radical (unpaired) electrons. The molecule has 0 unspecified atom stereocenters. The van der Waals surface area contributed by atoms with Crippen molar-refractivity contribution in [1.29, 1.82) is 0 Å². The van der Waals surface area contributed by atoms with E-state index in [9.17, 15) is 19.2 Å². The number of aromatic amines is 2. The van der Waals surface area contributed by atoms with E-state index in [1.807, 2.05) is 93.5 Å². The highest BCUT2D eigenvalue weighted by Crippen LogP contribution is 2.38. The van der Waals surface area contributed by atoms with Crippen LogP contribution < -0.4 is 10.6 Å². The van der Waals surface area contributed by atoms with Gasteiger partial charge in [-0.05, 0) is 99.9 Å². The molecular formula is C50H66N8O8. The van der Waals surface area contributed by atoms with E-state index in [0.29, 0.717) is 37.6 Å². The monoisotopic (exact) mass is 907 g/mol. The quantitative estimate of drug-likeness (QED) is 0.0944. The van der Waals surface area contributed by atoms with E-state index >= 15 is 0 Å². The fraction of sp³-hybridized carbons (Fsp3) is 0.520. The molecule has 6 atom stereocenters. The molecule has 2 fully saturated rings. The van der Waals surface area contributed by atoms with E-state index in [0.717, 1.165) is 44.3 Å². The van der Waals surface area contributed by atoms with Crippen molar-refractivity contribution in [3.8, 4) is 22.3 Å². The number of ether oxygens (including phenoxy) is 4. The van der Waals surface area contributed by atoms with Gasteiger partial charge in [0, 0.05) is 25.9 Å². The molecule has 0 spiro atoms. The Morgan fingerprint density at radius 2 is 0.939 bits per heavy atom. The summed E-state index contributed by atoms with van der Waals surface area (Å²) in [4.78, 5) is 73.3. The van der Waals surface area contributed by atoms with Gasteiger partial charge in [-0.3, -0.25) is 9.59 Å². The highest BCUT2D eigenvalue weighted by molar-refractivity contribution is 5.88. The van der Waals surface area contributed by atoms with Crippen molar-refractivity contribution in [2.75, 3.05) is 27.3 Å². The van der Waals surface area contributed by atoms with E-state index in [2.05, 4.69) is 57.0 Å². The molecule has 5 aromatic rings. The van der Waals surface area contributed by atoms with Crippen LogP contribution in [0.3, 0.4) is 0 Å². The van der Waals surface area contributed by atoms with E-state index in [1.54, 1.807) is 9.80 Å². The zero-order valence-electron chi connectivity index (χ0n) is 40.3. The molecule has 66 heavy (non-hydrogen) atoms. The minimum atomic E-state index is -0.782. The van der Waals surface area contributed by atoms with Gasteiger partial charge in [0.25, 0.3) is 0 Å². The van der Waals surface area contributed by atoms with Gasteiger partial charge in [0.2, 0.25) is 11.8 Å². The van der Waals surface area contributed by atoms with E-state index < -0.39 is 47.6 Å². The minimum absolute atomic E-state index is 0.178. The van der Waals surface area contributed by atoms with Crippen molar-refractivity contribution >= 4 is 46.1 Å². The van der Waals surface area contributed by atoms with Gasteiger partial charge >= 0.3 is 12.2 Å². The maximum absolute atomic E-state index is 14.1. The summed E-state index contributed by atoms with van der Waals surface area (Å²) in [6.45, 7) is 20.3. The van der Waals surface area contributed by atoms with Crippen molar-refractivity contribution in [3.63, 3.8) is 0 Å². The highest BCUT2D eigenvalue weighted by Gasteiger charge is 2.44. The molecule has 354 valence electrons. The zero-order chi connectivity index (χ0) is 47.8. The maximum atomic E-state index is 14.1. The summed E-state index contributed by atoms with van der Waals surface area (Å²) in [6, 6.07) is 18.2. The lowest BCUT2D eigenvalue weighted by molar-refractivity contribution is -0.137. The van der Waals surface area contributed by atoms with Crippen molar-refractivity contribution < 1.29 is 38.1 Å². The van der Waals surface area contributed by atoms with Gasteiger partial charge in [-0.1, -0.05) is 64.1 Å². The second kappa shape index (κ2) is 19.1. The number of carbonyl (C=O) groups is 4. The van der Waals surface area contributed by atoms with Gasteiger partial charge in [0.1, 0.15) is 23.7 Å². The summed E-state index contributed by atoms with van der Waals surface area (Å²) in [5.41, 5.74) is 6.39. The molecule has 16 nitrogen and oxygen atoms in total. The summed E-state index contributed by atoms with van der Waals surface area (Å²) in [6.07, 6.45) is -0.669. The summed E-state index contributed by atoms with van der Waals surface area (Å²) in [7, 11) is 2.57. The highest BCUT2D eigenvalue weighted by atomic mass is 16.5. The number of benzene rings is 3. The number of hydrogen-bond acceptors (Lipinski definition) is 10. The molecule has 2 aromatic heterocycles. The Morgan fingerprint density at radius 1 is 0.591 bits per heavy atom. The molecule has 4 N–H and O–H groups in total. The number of amides is 4. The topological polar surface area (TPSA) is 193 Å². The van der Waals surface area contributed by atoms with E-state index in [-0.39, 0.29) is 35.9 Å². The Labute approximate surface area is 386 Å². The summed E-state index contributed by atoms with van der Waals surface area (Å²) >= 11 is 0. The molecule has 0 aliphatic carbocycles. The molecule has 0 bridgehead atoms. The van der Waals surface area contributed by atoms with Crippen LogP contribution in [-0.2, 0) is 28.5 Å². The van der Waals surface area contributed by atoms with Crippen LogP contribution in [0, 0.1) is 11.8 Å². The van der Waals surface area contributed by atoms with E-state index in [1.165, 1.54) is 14.2 Å². The molecule has 7 rings (SSSR count). The van der Waals surface area contributed by atoms with Crippen LogP contribution in [0.2, 0.25) is 0 Å². The number of fused-ring (bicyclic) bond motifs is 2.